The number of pyridine rings is 1. The van der Waals surface area contributed by atoms with Crippen molar-refractivity contribution < 1.29 is 27.5 Å². The smallest absolute Gasteiger partial charge is 0.410 e. The number of nitrogens with zero attached hydrogens (tertiary/aromatic N) is 3. The van der Waals surface area contributed by atoms with Gasteiger partial charge in [-0.3, -0.25) is 10.1 Å². The Morgan fingerprint density at radius 3 is 2.53 bits per heavy atom. The van der Waals surface area contributed by atoms with Crippen LogP contribution in [0.3, 0.4) is 0 Å². The molecule has 196 valence electrons. The lowest BCUT2D eigenvalue weighted by Crippen LogP contribution is -2.22. The highest BCUT2D eigenvalue weighted by Gasteiger charge is 2.31. The molecule has 0 fully saturated rings. The van der Waals surface area contributed by atoms with E-state index in [1.807, 2.05) is 0 Å². The molecular weight excluding hydrogens is 614 g/mol. The Bertz CT molecular complexity index is 1550. The van der Waals surface area contributed by atoms with Crippen LogP contribution < -0.4 is 15.4 Å². The SMILES string of the molecule is Cc1cc(Cl)cc(NC(=O)Oc2cccc(C(F)(F)F)c2)c1NC(=O)c1cc(Br)nn1-c1ncccc1Cl. The number of alkyl halides is 3. The van der Waals surface area contributed by atoms with E-state index in [4.69, 9.17) is 27.9 Å². The summed E-state index contributed by atoms with van der Waals surface area (Å²) in [7, 11) is 0. The first-order chi connectivity index (χ1) is 17.9. The van der Waals surface area contributed by atoms with E-state index in [-0.39, 0.29) is 38.7 Å². The van der Waals surface area contributed by atoms with Gasteiger partial charge in [0.2, 0.25) is 0 Å². The molecule has 2 heterocycles. The third-order valence-corrected chi connectivity index (χ3v) is 5.90. The maximum absolute atomic E-state index is 13.3. The molecule has 0 bridgehead atoms. The third kappa shape index (κ3) is 6.26. The van der Waals surface area contributed by atoms with Crippen LogP contribution in [-0.2, 0) is 6.18 Å². The van der Waals surface area contributed by atoms with Crippen molar-refractivity contribution in [1.29, 1.82) is 0 Å². The van der Waals surface area contributed by atoms with Crippen LogP contribution >= 0.6 is 39.1 Å². The van der Waals surface area contributed by atoms with E-state index < -0.39 is 23.7 Å². The number of rotatable bonds is 5. The summed E-state index contributed by atoms with van der Waals surface area (Å²) in [4.78, 5) is 30.0. The van der Waals surface area contributed by atoms with E-state index in [1.165, 1.54) is 29.1 Å². The Hall–Kier alpha value is -3.61. The van der Waals surface area contributed by atoms with Crippen LogP contribution in [0, 0.1) is 6.92 Å². The molecule has 8 nitrogen and oxygen atoms in total. The van der Waals surface area contributed by atoms with E-state index in [0.717, 1.165) is 12.1 Å². The number of benzene rings is 2. The first-order valence-electron chi connectivity index (χ1n) is 10.6. The molecule has 4 rings (SSSR count). The highest BCUT2D eigenvalue weighted by atomic mass is 79.9. The lowest BCUT2D eigenvalue weighted by atomic mass is 10.1. The summed E-state index contributed by atoms with van der Waals surface area (Å²) in [5, 5.41) is 9.80. The number of halogens is 6. The zero-order chi connectivity index (χ0) is 27.6. The molecule has 2 aromatic carbocycles. The van der Waals surface area contributed by atoms with Crippen molar-refractivity contribution in [2.24, 2.45) is 0 Å². The first kappa shape index (κ1) is 27.4. The summed E-state index contributed by atoms with van der Waals surface area (Å²) >= 11 is 15.6. The first-order valence-corrected chi connectivity index (χ1v) is 12.1. The van der Waals surface area contributed by atoms with Crippen LogP contribution in [0.25, 0.3) is 5.82 Å². The van der Waals surface area contributed by atoms with Crippen molar-refractivity contribution in [1.82, 2.24) is 14.8 Å². The number of ether oxygens (including phenoxy) is 1. The summed E-state index contributed by atoms with van der Waals surface area (Å²) in [6, 6.07) is 11.4. The van der Waals surface area contributed by atoms with Gasteiger partial charge in [0.15, 0.2) is 5.82 Å². The fraction of sp³-hybridized carbons (Fsp3) is 0.0833. The van der Waals surface area contributed by atoms with E-state index >= 15 is 0 Å². The highest BCUT2D eigenvalue weighted by Crippen LogP contribution is 2.33. The molecule has 0 spiro atoms. The minimum absolute atomic E-state index is 0.0429. The van der Waals surface area contributed by atoms with Gasteiger partial charge in [-0.2, -0.15) is 18.3 Å². The summed E-state index contributed by atoms with van der Waals surface area (Å²) in [6.45, 7) is 1.63. The van der Waals surface area contributed by atoms with Gasteiger partial charge in [0.05, 0.1) is 22.0 Å². The summed E-state index contributed by atoms with van der Waals surface area (Å²) in [5.41, 5.74) is -0.242. The molecule has 14 heteroatoms. The summed E-state index contributed by atoms with van der Waals surface area (Å²) in [6.07, 6.45) is -4.23. The van der Waals surface area contributed by atoms with Crippen molar-refractivity contribution >= 4 is 62.5 Å². The molecule has 2 amide bonds. The van der Waals surface area contributed by atoms with E-state index in [2.05, 4.69) is 36.6 Å². The van der Waals surface area contributed by atoms with Crippen LogP contribution in [0.5, 0.6) is 5.75 Å². The third-order valence-electron chi connectivity index (χ3n) is 5.00. The van der Waals surface area contributed by atoms with Gasteiger partial charge in [-0.25, -0.2) is 14.5 Å². The van der Waals surface area contributed by atoms with Gasteiger partial charge in [0, 0.05) is 17.3 Å². The largest absolute Gasteiger partial charge is 0.417 e. The Kier molecular flexibility index (Phi) is 7.95. The predicted octanol–water partition coefficient (Wildman–Crippen LogP) is 7.53. The molecular formula is C24H15BrCl2F3N5O3. The normalized spacial score (nSPS) is 11.2. The number of aryl methyl sites for hydroxylation is 1. The van der Waals surface area contributed by atoms with E-state index in [1.54, 1.807) is 25.1 Å². The van der Waals surface area contributed by atoms with Crippen molar-refractivity contribution in [2.45, 2.75) is 13.1 Å². The molecule has 0 unspecified atom stereocenters. The van der Waals surface area contributed by atoms with Crippen LogP contribution in [-0.4, -0.2) is 26.8 Å². The van der Waals surface area contributed by atoms with Gasteiger partial charge < -0.3 is 10.1 Å². The van der Waals surface area contributed by atoms with Gasteiger partial charge in [-0.05, 0) is 70.9 Å². The Labute approximate surface area is 231 Å². The number of anilines is 2. The van der Waals surface area contributed by atoms with Crippen molar-refractivity contribution in [3.63, 3.8) is 0 Å². The average Bonchev–Trinajstić information content (AvgIpc) is 3.22. The van der Waals surface area contributed by atoms with Crippen LogP contribution in [0.15, 0.2) is 65.4 Å². The molecule has 0 aliphatic carbocycles. The average molecular weight is 629 g/mol. The number of hydrogen-bond donors (Lipinski definition) is 2. The quantitative estimate of drug-likeness (QED) is 0.238. The molecule has 0 saturated carbocycles. The second kappa shape index (κ2) is 11.0. The molecule has 38 heavy (non-hydrogen) atoms. The van der Waals surface area contributed by atoms with E-state index in [0.29, 0.717) is 16.2 Å². The molecule has 0 saturated heterocycles. The topological polar surface area (TPSA) is 98.1 Å². The van der Waals surface area contributed by atoms with Gasteiger partial charge in [-0.15, -0.1) is 0 Å². The number of hydrogen-bond acceptors (Lipinski definition) is 5. The molecule has 2 aromatic heterocycles. The number of nitrogens with one attached hydrogen (secondary N) is 2. The molecule has 4 aromatic rings. The fourth-order valence-electron chi connectivity index (χ4n) is 3.37. The van der Waals surface area contributed by atoms with E-state index in [9.17, 15) is 22.8 Å². The molecule has 0 atom stereocenters. The zero-order valence-electron chi connectivity index (χ0n) is 19.1. The lowest BCUT2D eigenvalue weighted by Gasteiger charge is -2.16. The van der Waals surface area contributed by atoms with Gasteiger partial charge in [0.1, 0.15) is 16.0 Å². The molecule has 0 radical (unpaired) electrons. The van der Waals surface area contributed by atoms with Crippen molar-refractivity contribution in [3.8, 4) is 11.6 Å². The molecule has 0 aliphatic heterocycles. The molecule has 0 aliphatic rings. The van der Waals surface area contributed by atoms with Crippen LogP contribution in [0.4, 0.5) is 29.3 Å². The summed E-state index contributed by atoms with van der Waals surface area (Å²) in [5.74, 6) is -0.756. The van der Waals surface area contributed by atoms with Gasteiger partial charge in [0.25, 0.3) is 5.91 Å². The lowest BCUT2D eigenvalue weighted by molar-refractivity contribution is -0.137. The monoisotopic (exact) mass is 627 g/mol. The maximum atomic E-state index is 13.3. The minimum atomic E-state index is -4.61. The maximum Gasteiger partial charge on any atom is 0.417 e. The van der Waals surface area contributed by atoms with Gasteiger partial charge in [-0.1, -0.05) is 29.3 Å². The number of amides is 2. The van der Waals surface area contributed by atoms with Crippen LogP contribution in [0.2, 0.25) is 10.0 Å². The predicted molar refractivity (Wildman–Crippen MR) is 139 cm³/mol. The second-order valence-electron chi connectivity index (χ2n) is 7.71. The number of carbonyl (C=O) groups excluding carboxylic acids is 2. The zero-order valence-corrected chi connectivity index (χ0v) is 22.2. The Morgan fingerprint density at radius 1 is 1.05 bits per heavy atom. The molecule has 2 N–H and O–H groups in total. The van der Waals surface area contributed by atoms with Crippen LogP contribution in [0.1, 0.15) is 21.6 Å². The number of carbonyl (C=O) groups is 2. The number of aromatic nitrogens is 3. The summed E-state index contributed by atoms with van der Waals surface area (Å²) < 4.78 is 45.5. The van der Waals surface area contributed by atoms with Gasteiger partial charge >= 0.3 is 12.3 Å². The fourth-order valence-corrected chi connectivity index (χ4v) is 4.22. The van der Waals surface area contributed by atoms with Crippen molar-refractivity contribution in [2.75, 3.05) is 10.6 Å². The second-order valence-corrected chi connectivity index (χ2v) is 9.37. The Balaban J connectivity index is 1.60. The Morgan fingerprint density at radius 2 is 1.82 bits per heavy atom. The highest BCUT2D eigenvalue weighted by molar-refractivity contribution is 9.10. The standard InChI is InChI=1S/C24H15BrCl2F3N5O3/c1-12-8-14(26)10-17(32-23(37)38-15-5-2-4-13(9-15)24(28,29)30)20(12)33-22(36)18-11-19(25)34-35(18)21-16(27)6-3-7-31-21/h2-11H,1H3,(H,32,37)(H,33,36). The van der Waals surface area contributed by atoms with Crippen molar-refractivity contribution in [3.05, 3.63) is 92.3 Å². The minimum Gasteiger partial charge on any atom is -0.410 e.